The number of likely N-dealkylation sites (tertiary alicyclic amines) is 1. The highest BCUT2D eigenvalue weighted by Crippen LogP contribution is 2.18. The number of fused-ring (bicyclic) bond motifs is 1. The van der Waals surface area contributed by atoms with Gasteiger partial charge in [-0.15, -0.1) is 0 Å². The molecule has 0 atom stereocenters. The van der Waals surface area contributed by atoms with E-state index in [9.17, 15) is 0 Å². The number of hydrogen-bond acceptors (Lipinski definition) is 3. The van der Waals surface area contributed by atoms with Crippen LogP contribution < -0.4 is 0 Å². The number of nitrogens with zero attached hydrogens (tertiary/aromatic N) is 3. The SMILES string of the molecule is c1cnc2nccc(CN3CCC3)c2c1. The minimum Gasteiger partial charge on any atom is -0.299 e. The molecule has 0 amide bonds. The molecule has 0 aromatic carbocycles. The monoisotopic (exact) mass is 199 g/mol. The van der Waals surface area contributed by atoms with Gasteiger partial charge < -0.3 is 0 Å². The van der Waals surface area contributed by atoms with Crippen molar-refractivity contribution in [3.05, 3.63) is 36.2 Å². The van der Waals surface area contributed by atoms with Crippen LogP contribution in [0, 0.1) is 0 Å². The molecule has 1 saturated heterocycles. The molecule has 3 heterocycles. The average molecular weight is 199 g/mol. The molecule has 1 aliphatic heterocycles. The quantitative estimate of drug-likeness (QED) is 0.739. The van der Waals surface area contributed by atoms with Crippen LogP contribution in [0.4, 0.5) is 0 Å². The molecule has 0 aliphatic carbocycles. The normalized spacial score (nSPS) is 16.5. The van der Waals surface area contributed by atoms with Crippen LogP contribution in [0.1, 0.15) is 12.0 Å². The fourth-order valence-corrected chi connectivity index (χ4v) is 1.96. The van der Waals surface area contributed by atoms with Crippen molar-refractivity contribution in [3.8, 4) is 0 Å². The molecule has 0 radical (unpaired) electrons. The highest BCUT2D eigenvalue weighted by molar-refractivity contribution is 5.78. The Kier molecular flexibility index (Phi) is 2.10. The third kappa shape index (κ3) is 1.59. The highest BCUT2D eigenvalue weighted by atomic mass is 15.2. The van der Waals surface area contributed by atoms with Gasteiger partial charge in [-0.25, -0.2) is 9.97 Å². The Morgan fingerprint density at radius 1 is 1.13 bits per heavy atom. The Morgan fingerprint density at radius 3 is 2.80 bits per heavy atom. The van der Waals surface area contributed by atoms with Crippen molar-refractivity contribution in [3.63, 3.8) is 0 Å². The fourth-order valence-electron chi connectivity index (χ4n) is 1.96. The molecule has 0 saturated carbocycles. The molecule has 2 aromatic heterocycles. The Labute approximate surface area is 88.8 Å². The molecule has 3 nitrogen and oxygen atoms in total. The van der Waals surface area contributed by atoms with Crippen LogP contribution >= 0.6 is 0 Å². The van der Waals surface area contributed by atoms with Crippen molar-refractivity contribution in [1.29, 1.82) is 0 Å². The Morgan fingerprint density at radius 2 is 2.00 bits per heavy atom. The summed E-state index contributed by atoms with van der Waals surface area (Å²) in [5, 5.41) is 1.19. The molecule has 3 heteroatoms. The smallest absolute Gasteiger partial charge is 0.159 e. The van der Waals surface area contributed by atoms with Crippen LogP contribution in [0.5, 0.6) is 0 Å². The molecule has 15 heavy (non-hydrogen) atoms. The summed E-state index contributed by atoms with van der Waals surface area (Å²) in [5.74, 6) is 0. The molecule has 1 fully saturated rings. The molecule has 0 bridgehead atoms. The third-order valence-electron chi connectivity index (χ3n) is 2.95. The Balaban J connectivity index is 2.01. The van der Waals surface area contributed by atoms with Crippen molar-refractivity contribution in [1.82, 2.24) is 14.9 Å². The zero-order chi connectivity index (χ0) is 10.1. The van der Waals surface area contributed by atoms with Gasteiger partial charge in [0.1, 0.15) is 0 Å². The second-order valence-corrected chi connectivity index (χ2v) is 3.97. The molecular weight excluding hydrogens is 186 g/mol. The maximum absolute atomic E-state index is 4.26. The fraction of sp³-hybridized carbons (Fsp3) is 0.333. The minimum atomic E-state index is 0.857. The lowest BCUT2D eigenvalue weighted by Gasteiger charge is -2.30. The zero-order valence-corrected chi connectivity index (χ0v) is 8.56. The minimum absolute atomic E-state index is 0.857. The molecule has 2 aromatic rings. The van der Waals surface area contributed by atoms with E-state index in [0.29, 0.717) is 0 Å². The summed E-state index contributed by atoms with van der Waals surface area (Å²) in [6.45, 7) is 3.48. The second-order valence-electron chi connectivity index (χ2n) is 3.97. The summed E-state index contributed by atoms with van der Waals surface area (Å²) in [6, 6.07) is 6.18. The number of aromatic nitrogens is 2. The second kappa shape index (κ2) is 3.59. The summed E-state index contributed by atoms with van der Waals surface area (Å²) in [4.78, 5) is 11.0. The standard InChI is InChI=1S/C12H13N3/c1-3-11-10(9-15-7-2-8-15)4-6-14-12(11)13-5-1/h1,3-6H,2,7-9H2. The van der Waals surface area contributed by atoms with E-state index in [-0.39, 0.29) is 0 Å². The average Bonchev–Trinajstić information content (AvgIpc) is 2.23. The van der Waals surface area contributed by atoms with Gasteiger partial charge >= 0.3 is 0 Å². The topological polar surface area (TPSA) is 29.0 Å². The van der Waals surface area contributed by atoms with Crippen LogP contribution in [0.2, 0.25) is 0 Å². The van der Waals surface area contributed by atoms with E-state index in [2.05, 4.69) is 27.0 Å². The van der Waals surface area contributed by atoms with E-state index in [1.165, 1.54) is 30.5 Å². The van der Waals surface area contributed by atoms with Gasteiger partial charge in [0.15, 0.2) is 5.65 Å². The van der Waals surface area contributed by atoms with Crippen molar-refractivity contribution in [2.24, 2.45) is 0 Å². The molecule has 0 spiro atoms. The largest absolute Gasteiger partial charge is 0.299 e. The van der Waals surface area contributed by atoms with E-state index in [0.717, 1.165) is 12.2 Å². The van der Waals surface area contributed by atoms with Crippen molar-refractivity contribution in [2.75, 3.05) is 13.1 Å². The predicted octanol–water partition coefficient (Wildman–Crippen LogP) is 1.84. The van der Waals surface area contributed by atoms with Crippen LogP contribution in [-0.4, -0.2) is 28.0 Å². The van der Waals surface area contributed by atoms with Gasteiger partial charge in [0.25, 0.3) is 0 Å². The van der Waals surface area contributed by atoms with Crippen LogP contribution in [0.15, 0.2) is 30.6 Å². The number of pyridine rings is 2. The zero-order valence-electron chi connectivity index (χ0n) is 8.56. The molecule has 76 valence electrons. The van der Waals surface area contributed by atoms with Gasteiger partial charge in [-0.3, -0.25) is 4.90 Å². The van der Waals surface area contributed by atoms with Gasteiger partial charge in [0, 0.05) is 24.3 Å². The van der Waals surface area contributed by atoms with Crippen LogP contribution in [-0.2, 0) is 6.54 Å². The third-order valence-corrected chi connectivity index (χ3v) is 2.95. The van der Waals surface area contributed by atoms with Gasteiger partial charge in [0.05, 0.1) is 0 Å². The molecule has 0 N–H and O–H groups in total. The maximum Gasteiger partial charge on any atom is 0.159 e. The first kappa shape index (κ1) is 8.80. The van der Waals surface area contributed by atoms with Crippen molar-refractivity contribution >= 4 is 11.0 Å². The van der Waals surface area contributed by atoms with Gasteiger partial charge in [0.2, 0.25) is 0 Å². The first-order valence-corrected chi connectivity index (χ1v) is 5.34. The summed E-state index contributed by atoms with van der Waals surface area (Å²) in [5.41, 5.74) is 2.20. The van der Waals surface area contributed by atoms with E-state index >= 15 is 0 Å². The lowest BCUT2D eigenvalue weighted by Crippen LogP contribution is -2.36. The highest BCUT2D eigenvalue weighted by Gasteiger charge is 2.14. The Bertz CT molecular complexity index is 472. The van der Waals surface area contributed by atoms with Crippen LogP contribution in [0.3, 0.4) is 0 Å². The number of hydrogen-bond donors (Lipinski definition) is 0. The van der Waals surface area contributed by atoms with Gasteiger partial charge in [-0.05, 0) is 43.3 Å². The molecule has 3 rings (SSSR count). The van der Waals surface area contributed by atoms with Crippen LogP contribution in [0.25, 0.3) is 11.0 Å². The van der Waals surface area contributed by atoms with E-state index < -0.39 is 0 Å². The molecular formula is C12H13N3. The predicted molar refractivity (Wildman–Crippen MR) is 59.4 cm³/mol. The summed E-state index contributed by atoms with van der Waals surface area (Å²) in [7, 11) is 0. The first-order valence-electron chi connectivity index (χ1n) is 5.34. The summed E-state index contributed by atoms with van der Waals surface area (Å²) in [6.07, 6.45) is 4.98. The van der Waals surface area contributed by atoms with Crippen molar-refractivity contribution in [2.45, 2.75) is 13.0 Å². The van der Waals surface area contributed by atoms with E-state index in [1.807, 2.05) is 12.3 Å². The molecule has 1 aliphatic rings. The maximum atomic E-state index is 4.26. The number of rotatable bonds is 2. The van der Waals surface area contributed by atoms with Gasteiger partial charge in [-0.2, -0.15) is 0 Å². The molecule has 0 unspecified atom stereocenters. The summed E-state index contributed by atoms with van der Waals surface area (Å²) < 4.78 is 0. The Hall–Kier alpha value is -1.48. The lowest BCUT2D eigenvalue weighted by molar-refractivity contribution is 0.173. The van der Waals surface area contributed by atoms with E-state index in [1.54, 1.807) is 6.20 Å². The first-order chi connectivity index (χ1) is 7.43. The summed E-state index contributed by atoms with van der Waals surface area (Å²) >= 11 is 0. The lowest BCUT2D eigenvalue weighted by atomic mass is 10.1. The van der Waals surface area contributed by atoms with Crippen molar-refractivity contribution < 1.29 is 0 Å². The van der Waals surface area contributed by atoms with Gasteiger partial charge in [-0.1, -0.05) is 0 Å². The van der Waals surface area contributed by atoms with E-state index in [4.69, 9.17) is 0 Å².